The minimum Gasteiger partial charge on any atom is -0.493 e. The van der Waals surface area contributed by atoms with Crippen LogP contribution in [0.3, 0.4) is 0 Å². The van der Waals surface area contributed by atoms with Crippen LogP contribution in [0.25, 0.3) is 6.08 Å². The van der Waals surface area contributed by atoms with Crippen LogP contribution >= 0.6 is 11.8 Å². The molecule has 0 spiro atoms. The molecule has 1 aliphatic rings. The monoisotopic (exact) mass is 402 g/mol. The van der Waals surface area contributed by atoms with Crippen LogP contribution in [0.4, 0.5) is 4.79 Å². The van der Waals surface area contributed by atoms with Gasteiger partial charge in [-0.2, -0.15) is 0 Å². The Labute approximate surface area is 165 Å². The molecule has 0 atom stereocenters. The van der Waals surface area contributed by atoms with Crippen molar-refractivity contribution in [2.75, 3.05) is 27.3 Å². The second kappa shape index (κ2) is 8.66. The van der Waals surface area contributed by atoms with E-state index in [1.165, 1.54) is 26.5 Å². The first-order valence-electron chi connectivity index (χ1n) is 8.32. The van der Waals surface area contributed by atoms with Gasteiger partial charge >= 0.3 is 0 Å². The number of furan rings is 1. The fourth-order valence-corrected chi connectivity index (χ4v) is 3.43. The zero-order valence-corrected chi connectivity index (χ0v) is 16.1. The van der Waals surface area contributed by atoms with Gasteiger partial charge in [-0.1, -0.05) is 6.07 Å². The normalized spacial score (nSPS) is 15.2. The van der Waals surface area contributed by atoms with E-state index in [0.717, 1.165) is 16.7 Å². The van der Waals surface area contributed by atoms with E-state index in [1.807, 2.05) is 0 Å². The topological polar surface area (TPSA) is 98.1 Å². The highest BCUT2D eigenvalue weighted by molar-refractivity contribution is 8.18. The Hall–Kier alpha value is -3.20. The van der Waals surface area contributed by atoms with E-state index in [2.05, 4.69) is 5.32 Å². The fraction of sp³-hybridized carbons (Fsp3) is 0.211. The quantitative estimate of drug-likeness (QED) is 0.711. The van der Waals surface area contributed by atoms with Gasteiger partial charge in [0.15, 0.2) is 17.3 Å². The first-order valence-corrected chi connectivity index (χ1v) is 9.14. The van der Waals surface area contributed by atoms with Crippen LogP contribution in [-0.4, -0.2) is 49.3 Å². The third kappa shape index (κ3) is 4.20. The molecule has 9 heteroatoms. The van der Waals surface area contributed by atoms with E-state index in [-0.39, 0.29) is 24.1 Å². The van der Waals surface area contributed by atoms with Gasteiger partial charge in [-0.3, -0.25) is 19.3 Å². The standard InChI is InChI=1S/C19H18N2O6S/c1-25-13-6-5-12(10-15(13)26-2)11-16-18(23)21(19(24)28-16)8-7-20-17(22)14-4-3-9-27-14/h3-6,9-11H,7-8H2,1-2H3,(H,20,22). The lowest BCUT2D eigenvalue weighted by Gasteiger charge is -2.12. The van der Waals surface area contributed by atoms with Gasteiger partial charge in [0.25, 0.3) is 17.1 Å². The van der Waals surface area contributed by atoms with Crippen molar-refractivity contribution in [3.05, 3.63) is 52.8 Å². The number of rotatable bonds is 7. The number of nitrogens with zero attached hydrogens (tertiary/aromatic N) is 1. The van der Waals surface area contributed by atoms with Crippen molar-refractivity contribution in [3.8, 4) is 11.5 Å². The molecule has 8 nitrogen and oxygen atoms in total. The summed E-state index contributed by atoms with van der Waals surface area (Å²) in [6.07, 6.45) is 3.01. The molecule has 28 heavy (non-hydrogen) atoms. The van der Waals surface area contributed by atoms with Crippen LogP contribution in [-0.2, 0) is 4.79 Å². The van der Waals surface area contributed by atoms with Gasteiger partial charge in [0.1, 0.15) is 0 Å². The zero-order chi connectivity index (χ0) is 20.1. The number of carbonyl (C=O) groups is 3. The van der Waals surface area contributed by atoms with Crippen molar-refractivity contribution < 1.29 is 28.3 Å². The predicted octanol–water partition coefficient (Wildman–Crippen LogP) is 2.76. The Balaban J connectivity index is 1.64. The minimum atomic E-state index is -0.406. The highest BCUT2D eigenvalue weighted by Gasteiger charge is 2.34. The molecular formula is C19H18N2O6S. The number of carbonyl (C=O) groups excluding carboxylic acids is 3. The molecule has 1 N–H and O–H groups in total. The van der Waals surface area contributed by atoms with Crippen molar-refractivity contribution in [2.24, 2.45) is 0 Å². The summed E-state index contributed by atoms with van der Waals surface area (Å²) in [6, 6.07) is 8.33. The van der Waals surface area contributed by atoms with Crippen molar-refractivity contribution >= 4 is 34.9 Å². The first-order chi connectivity index (χ1) is 13.5. The first kappa shape index (κ1) is 19.6. The van der Waals surface area contributed by atoms with E-state index < -0.39 is 11.8 Å². The minimum absolute atomic E-state index is 0.0698. The van der Waals surface area contributed by atoms with Crippen LogP contribution in [0.2, 0.25) is 0 Å². The molecule has 0 saturated carbocycles. The van der Waals surface area contributed by atoms with Crippen LogP contribution in [0.1, 0.15) is 16.1 Å². The molecule has 1 fully saturated rings. The van der Waals surface area contributed by atoms with Crippen LogP contribution < -0.4 is 14.8 Å². The lowest BCUT2D eigenvalue weighted by molar-refractivity contribution is -0.122. The van der Waals surface area contributed by atoms with Crippen molar-refractivity contribution in [3.63, 3.8) is 0 Å². The van der Waals surface area contributed by atoms with E-state index >= 15 is 0 Å². The smallest absolute Gasteiger partial charge is 0.293 e. The molecule has 0 radical (unpaired) electrons. The summed E-state index contributed by atoms with van der Waals surface area (Å²) in [4.78, 5) is 37.9. The Morgan fingerprint density at radius 2 is 2.00 bits per heavy atom. The van der Waals surface area contributed by atoms with Crippen LogP contribution in [0.5, 0.6) is 11.5 Å². The number of imide groups is 1. The average Bonchev–Trinajstić information content (AvgIpc) is 3.32. The van der Waals surface area contributed by atoms with Crippen LogP contribution in [0.15, 0.2) is 45.9 Å². The molecule has 0 bridgehead atoms. The molecule has 2 aromatic rings. The third-order valence-corrected chi connectivity index (χ3v) is 4.85. The number of benzene rings is 1. The van der Waals surface area contributed by atoms with Gasteiger partial charge in [0.05, 0.1) is 25.4 Å². The fourth-order valence-electron chi connectivity index (χ4n) is 2.56. The SMILES string of the molecule is COc1ccc(C=C2SC(=O)N(CCNC(=O)c3ccco3)C2=O)cc1OC. The molecule has 146 valence electrons. The maximum Gasteiger partial charge on any atom is 0.293 e. The Morgan fingerprint density at radius 3 is 2.68 bits per heavy atom. The van der Waals surface area contributed by atoms with Gasteiger partial charge in [-0.15, -0.1) is 0 Å². The van der Waals surface area contributed by atoms with Gasteiger partial charge in [-0.25, -0.2) is 0 Å². The zero-order valence-electron chi connectivity index (χ0n) is 15.3. The van der Waals surface area contributed by atoms with Gasteiger partial charge in [0.2, 0.25) is 0 Å². The molecule has 0 unspecified atom stereocenters. The number of hydrogen-bond acceptors (Lipinski definition) is 7. The third-order valence-electron chi connectivity index (χ3n) is 3.94. The van der Waals surface area contributed by atoms with E-state index in [1.54, 1.807) is 30.3 Å². The predicted molar refractivity (Wildman–Crippen MR) is 103 cm³/mol. The molecule has 1 saturated heterocycles. The van der Waals surface area contributed by atoms with E-state index in [0.29, 0.717) is 22.0 Å². The summed E-state index contributed by atoms with van der Waals surface area (Å²) >= 11 is 0.852. The molecule has 3 amide bonds. The molecule has 1 aliphatic heterocycles. The lowest BCUT2D eigenvalue weighted by Crippen LogP contribution is -2.37. The molecule has 1 aromatic heterocycles. The van der Waals surface area contributed by atoms with Crippen molar-refractivity contribution in [2.45, 2.75) is 0 Å². The Bertz CT molecular complexity index is 923. The van der Waals surface area contributed by atoms with E-state index in [4.69, 9.17) is 13.9 Å². The molecule has 2 heterocycles. The number of amides is 3. The summed E-state index contributed by atoms with van der Waals surface area (Å²) < 4.78 is 15.4. The summed E-state index contributed by atoms with van der Waals surface area (Å²) in [7, 11) is 3.06. The molecule has 0 aliphatic carbocycles. The summed E-state index contributed by atoms with van der Waals surface area (Å²) in [6.45, 7) is 0.196. The number of ether oxygens (including phenoxy) is 2. The largest absolute Gasteiger partial charge is 0.493 e. The summed E-state index contributed by atoms with van der Waals surface area (Å²) in [5.74, 6) is 0.452. The average molecular weight is 402 g/mol. The second-order valence-electron chi connectivity index (χ2n) is 5.68. The molecular weight excluding hydrogens is 384 g/mol. The van der Waals surface area contributed by atoms with Gasteiger partial charge in [0, 0.05) is 13.1 Å². The van der Waals surface area contributed by atoms with E-state index in [9.17, 15) is 14.4 Å². The number of nitrogens with one attached hydrogen (secondary N) is 1. The molecule has 1 aromatic carbocycles. The van der Waals surface area contributed by atoms with Gasteiger partial charge in [-0.05, 0) is 47.7 Å². The van der Waals surface area contributed by atoms with Crippen LogP contribution in [0, 0.1) is 0 Å². The summed E-state index contributed by atoms with van der Waals surface area (Å²) in [5, 5.41) is 2.22. The maximum atomic E-state index is 12.5. The molecule has 3 rings (SSSR count). The lowest BCUT2D eigenvalue weighted by atomic mass is 10.2. The number of thioether (sulfide) groups is 1. The Morgan fingerprint density at radius 1 is 1.21 bits per heavy atom. The number of methoxy groups -OCH3 is 2. The Kier molecular flexibility index (Phi) is 6.05. The maximum absolute atomic E-state index is 12.5. The number of hydrogen-bond donors (Lipinski definition) is 1. The van der Waals surface area contributed by atoms with Crippen molar-refractivity contribution in [1.82, 2.24) is 10.2 Å². The van der Waals surface area contributed by atoms with Crippen molar-refractivity contribution in [1.29, 1.82) is 0 Å². The second-order valence-corrected chi connectivity index (χ2v) is 6.67. The summed E-state index contributed by atoms with van der Waals surface area (Å²) in [5.41, 5.74) is 0.703. The highest BCUT2D eigenvalue weighted by atomic mass is 32.2. The van der Waals surface area contributed by atoms with Gasteiger partial charge < -0.3 is 19.2 Å². The highest BCUT2D eigenvalue weighted by Crippen LogP contribution is 2.34.